The zero-order valence-corrected chi connectivity index (χ0v) is 11.7. The molecular formula is C14H21N3O2. The van der Waals surface area contributed by atoms with Gasteiger partial charge in [-0.2, -0.15) is 0 Å². The van der Waals surface area contributed by atoms with Crippen LogP contribution in [0.1, 0.15) is 30.1 Å². The van der Waals surface area contributed by atoms with Crippen molar-refractivity contribution in [2.24, 2.45) is 0 Å². The third-order valence-electron chi connectivity index (χ3n) is 3.27. The summed E-state index contributed by atoms with van der Waals surface area (Å²) >= 11 is 0. The van der Waals surface area contributed by atoms with Gasteiger partial charge in [-0.15, -0.1) is 0 Å². The smallest absolute Gasteiger partial charge is 0.254 e. The average Bonchev–Trinajstić information content (AvgIpc) is 2.36. The van der Waals surface area contributed by atoms with E-state index >= 15 is 0 Å². The molecule has 19 heavy (non-hydrogen) atoms. The lowest BCUT2D eigenvalue weighted by atomic mass is 9.89. The fourth-order valence-electron chi connectivity index (χ4n) is 2.13. The normalized spacial score (nSPS) is 21.6. The Morgan fingerprint density at radius 2 is 2.21 bits per heavy atom. The van der Waals surface area contributed by atoms with Crippen LogP contribution in [0.25, 0.3) is 0 Å². The van der Waals surface area contributed by atoms with Gasteiger partial charge in [0.15, 0.2) is 0 Å². The van der Waals surface area contributed by atoms with Gasteiger partial charge in [0.25, 0.3) is 5.91 Å². The molecule has 0 aromatic carbocycles. The van der Waals surface area contributed by atoms with Crippen LogP contribution in [0, 0.1) is 0 Å². The zero-order chi connectivity index (χ0) is 13.8. The maximum absolute atomic E-state index is 11.7. The fraction of sp³-hybridized carbons (Fsp3) is 0.571. The highest BCUT2D eigenvalue weighted by Crippen LogP contribution is 2.26. The second-order valence-electron chi connectivity index (χ2n) is 5.02. The summed E-state index contributed by atoms with van der Waals surface area (Å²) in [7, 11) is 3.47. The predicted octanol–water partition coefficient (Wildman–Crippen LogP) is 1.76. The van der Waals surface area contributed by atoms with E-state index in [-0.39, 0.29) is 5.91 Å². The maximum Gasteiger partial charge on any atom is 0.254 e. The van der Waals surface area contributed by atoms with Crippen molar-refractivity contribution >= 4 is 11.7 Å². The van der Waals surface area contributed by atoms with Gasteiger partial charge in [-0.1, -0.05) is 0 Å². The van der Waals surface area contributed by atoms with E-state index in [4.69, 9.17) is 4.74 Å². The van der Waals surface area contributed by atoms with Crippen LogP contribution in [0.3, 0.4) is 0 Å². The molecule has 0 saturated heterocycles. The van der Waals surface area contributed by atoms with Gasteiger partial charge in [-0.25, -0.2) is 4.98 Å². The lowest BCUT2D eigenvalue weighted by Gasteiger charge is -2.35. The number of nitrogens with zero attached hydrogens (tertiary/aromatic N) is 2. The van der Waals surface area contributed by atoms with Crippen LogP contribution in [0.15, 0.2) is 18.3 Å². The molecule has 1 aromatic rings. The molecule has 5 nitrogen and oxygen atoms in total. The topological polar surface area (TPSA) is 54.5 Å². The summed E-state index contributed by atoms with van der Waals surface area (Å²) in [4.78, 5) is 17.5. The van der Waals surface area contributed by atoms with E-state index in [1.165, 1.54) is 0 Å². The summed E-state index contributed by atoms with van der Waals surface area (Å²) < 4.78 is 5.51. The van der Waals surface area contributed by atoms with Gasteiger partial charge in [-0.05, 0) is 31.9 Å². The number of carbonyl (C=O) groups is 1. The number of anilines is 1. The minimum Gasteiger partial charge on any atom is -0.378 e. The minimum atomic E-state index is -0.0286. The largest absolute Gasteiger partial charge is 0.378 e. The van der Waals surface area contributed by atoms with Gasteiger partial charge in [0.1, 0.15) is 5.82 Å². The fourth-order valence-corrected chi connectivity index (χ4v) is 2.13. The maximum atomic E-state index is 11.7. The Labute approximate surface area is 114 Å². The Balaban J connectivity index is 1.85. The Hall–Kier alpha value is -1.62. The van der Waals surface area contributed by atoms with Gasteiger partial charge in [0.2, 0.25) is 0 Å². The molecule has 0 radical (unpaired) electrons. The Morgan fingerprint density at radius 3 is 2.74 bits per heavy atom. The molecule has 0 bridgehead atoms. The number of ether oxygens (including phenoxy) is 1. The number of carbonyl (C=O) groups excluding carboxylic acids is 1. The summed E-state index contributed by atoms with van der Waals surface area (Å²) in [5, 5.41) is 3.35. The van der Waals surface area contributed by atoms with Crippen LogP contribution in [-0.2, 0) is 4.74 Å². The van der Waals surface area contributed by atoms with E-state index in [9.17, 15) is 4.79 Å². The van der Waals surface area contributed by atoms with Crippen molar-refractivity contribution in [2.75, 3.05) is 26.0 Å². The summed E-state index contributed by atoms with van der Waals surface area (Å²) in [6.45, 7) is 2.79. The minimum absolute atomic E-state index is 0.0286. The van der Waals surface area contributed by atoms with Crippen molar-refractivity contribution in [3.8, 4) is 0 Å². The predicted molar refractivity (Wildman–Crippen MR) is 74.3 cm³/mol. The molecule has 0 unspecified atom stereocenters. The first-order valence-corrected chi connectivity index (χ1v) is 6.66. The van der Waals surface area contributed by atoms with Crippen molar-refractivity contribution in [3.05, 3.63) is 23.9 Å². The van der Waals surface area contributed by atoms with Crippen LogP contribution < -0.4 is 5.32 Å². The van der Waals surface area contributed by atoms with E-state index < -0.39 is 0 Å². The van der Waals surface area contributed by atoms with Crippen molar-refractivity contribution in [3.63, 3.8) is 0 Å². The van der Waals surface area contributed by atoms with Crippen LogP contribution in [0.2, 0.25) is 0 Å². The van der Waals surface area contributed by atoms with Gasteiger partial charge in [0.05, 0.1) is 11.7 Å². The monoisotopic (exact) mass is 263 g/mol. The molecule has 1 amide bonds. The van der Waals surface area contributed by atoms with E-state index in [1.54, 1.807) is 31.3 Å². The lowest BCUT2D eigenvalue weighted by Crippen LogP contribution is -2.41. The molecule has 5 heteroatoms. The molecule has 104 valence electrons. The zero-order valence-electron chi connectivity index (χ0n) is 11.7. The highest BCUT2D eigenvalue weighted by molar-refractivity contribution is 5.93. The lowest BCUT2D eigenvalue weighted by molar-refractivity contribution is 0.00292. The summed E-state index contributed by atoms with van der Waals surface area (Å²) in [5.74, 6) is 0.786. The van der Waals surface area contributed by atoms with Crippen molar-refractivity contribution in [1.82, 2.24) is 9.88 Å². The second kappa shape index (κ2) is 6.02. The van der Waals surface area contributed by atoms with Gasteiger partial charge >= 0.3 is 0 Å². The second-order valence-corrected chi connectivity index (χ2v) is 5.02. The SMILES string of the molecule is CCOC1CC(Nc2ccc(C(=O)N(C)C)cn2)C1. The first kappa shape index (κ1) is 13.8. The molecule has 0 atom stereocenters. The molecule has 1 heterocycles. The van der Waals surface area contributed by atoms with Crippen molar-refractivity contribution < 1.29 is 9.53 Å². The number of amides is 1. The Bertz CT molecular complexity index is 425. The number of rotatable bonds is 5. The van der Waals surface area contributed by atoms with E-state index in [0.717, 1.165) is 25.3 Å². The standard InChI is InChI=1S/C14H21N3O2/c1-4-19-12-7-11(8-12)16-13-6-5-10(9-15-13)14(18)17(2)3/h5-6,9,11-12H,4,7-8H2,1-3H3,(H,15,16). The first-order chi connectivity index (χ1) is 9.10. The first-order valence-electron chi connectivity index (χ1n) is 6.66. The molecule has 0 spiro atoms. The molecule has 1 saturated carbocycles. The molecular weight excluding hydrogens is 242 g/mol. The highest BCUT2D eigenvalue weighted by atomic mass is 16.5. The molecule has 0 aliphatic heterocycles. The highest BCUT2D eigenvalue weighted by Gasteiger charge is 2.29. The summed E-state index contributed by atoms with van der Waals surface area (Å²) in [5.41, 5.74) is 0.608. The molecule has 2 rings (SSSR count). The number of hydrogen-bond acceptors (Lipinski definition) is 4. The molecule has 1 N–H and O–H groups in total. The van der Waals surface area contributed by atoms with E-state index in [2.05, 4.69) is 10.3 Å². The molecule has 1 aliphatic carbocycles. The van der Waals surface area contributed by atoms with E-state index in [1.807, 2.05) is 13.0 Å². The third-order valence-corrected chi connectivity index (χ3v) is 3.27. The quantitative estimate of drug-likeness (QED) is 0.879. The summed E-state index contributed by atoms with van der Waals surface area (Å²) in [6, 6.07) is 4.08. The number of nitrogens with one attached hydrogen (secondary N) is 1. The van der Waals surface area contributed by atoms with Crippen molar-refractivity contribution in [1.29, 1.82) is 0 Å². The van der Waals surface area contributed by atoms with Crippen LogP contribution in [0.5, 0.6) is 0 Å². The Morgan fingerprint density at radius 1 is 1.47 bits per heavy atom. The van der Waals surface area contributed by atoms with Crippen molar-refractivity contribution in [2.45, 2.75) is 31.9 Å². The van der Waals surface area contributed by atoms with Crippen LogP contribution in [-0.4, -0.2) is 48.6 Å². The van der Waals surface area contributed by atoms with Gasteiger partial charge < -0.3 is 15.0 Å². The van der Waals surface area contributed by atoms with Gasteiger partial charge in [-0.3, -0.25) is 4.79 Å². The van der Waals surface area contributed by atoms with Gasteiger partial charge in [0, 0.05) is 32.9 Å². The molecule has 1 aromatic heterocycles. The number of aromatic nitrogens is 1. The number of pyridine rings is 1. The Kier molecular flexibility index (Phi) is 4.37. The summed E-state index contributed by atoms with van der Waals surface area (Å²) in [6.07, 6.45) is 4.04. The third kappa shape index (κ3) is 3.44. The van der Waals surface area contributed by atoms with Crippen LogP contribution >= 0.6 is 0 Å². The molecule has 1 fully saturated rings. The number of hydrogen-bond donors (Lipinski definition) is 1. The average molecular weight is 263 g/mol. The van der Waals surface area contributed by atoms with Crippen LogP contribution in [0.4, 0.5) is 5.82 Å². The van der Waals surface area contributed by atoms with E-state index in [0.29, 0.717) is 17.7 Å². The molecule has 1 aliphatic rings.